The Morgan fingerprint density at radius 1 is 1.00 bits per heavy atom. The van der Waals surface area contributed by atoms with E-state index in [1.54, 1.807) is 24.3 Å². The Morgan fingerprint density at radius 3 is 2.50 bits per heavy atom. The minimum Gasteiger partial charge on any atom is -0.277 e. The van der Waals surface area contributed by atoms with Gasteiger partial charge in [-0.1, -0.05) is 30.3 Å². The normalized spacial score (nSPS) is 15.5. The largest absolute Gasteiger partial charge is 0.417 e. The Kier molecular flexibility index (Phi) is 2.93. The van der Waals surface area contributed by atoms with Gasteiger partial charge in [-0.05, 0) is 12.1 Å². The number of anilines is 1. The third kappa shape index (κ3) is 2.14. The lowest BCUT2D eigenvalue weighted by atomic mass is 10.0. The molecule has 0 radical (unpaired) electrons. The molecule has 4 nitrogen and oxygen atoms in total. The molecule has 0 spiro atoms. The Hall–Kier alpha value is -2.61. The molecule has 0 aliphatic carbocycles. The second-order valence-corrected chi connectivity index (χ2v) is 7.03. The lowest BCUT2D eigenvalue weighted by Gasteiger charge is -2.22. The van der Waals surface area contributed by atoms with E-state index in [2.05, 4.69) is 9.71 Å². The molecule has 3 aromatic rings. The van der Waals surface area contributed by atoms with E-state index in [9.17, 15) is 21.6 Å². The van der Waals surface area contributed by atoms with E-state index in [-0.39, 0.29) is 21.5 Å². The summed E-state index contributed by atoms with van der Waals surface area (Å²) in [4.78, 5) is 3.98. The first-order valence-electron chi connectivity index (χ1n) is 6.89. The summed E-state index contributed by atoms with van der Waals surface area (Å²) in [5, 5.41) is 0.214. The molecular formula is C16H9F3N2O2S. The van der Waals surface area contributed by atoms with Gasteiger partial charge in [0.25, 0.3) is 10.0 Å². The highest BCUT2D eigenvalue weighted by Crippen LogP contribution is 2.42. The summed E-state index contributed by atoms with van der Waals surface area (Å²) in [7, 11) is -3.80. The number of alkyl halides is 3. The van der Waals surface area contributed by atoms with Crippen molar-refractivity contribution in [2.75, 3.05) is 4.72 Å². The van der Waals surface area contributed by atoms with E-state index < -0.39 is 21.8 Å². The minimum atomic E-state index is -4.51. The predicted molar refractivity (Wildman–Crippen MR) is 83.0 cm³/mol. The Labute approximate surface area is 135 Å². The fraction of sp³-hybridized carbons (Fsp3) is 0.0625. The second kappa shape index (κ2) is 4.70. The number of fused-ring (bicyclic) bond motifs is 5. The van der Waals surface area contributed by atoms with E-state index >= 15 is 0 Å². The molecule has 0 fully saturated rings. The van der Waals surface area contributed by atoms with Crippen LogP contribution in [0.3, 0.4) is 0 Å². The van der Waals surface area contributed by atoms with Gasteiger partial charge in [-0.3, -0.25) is 9.71 Å². The molecular weight excluding hydrogens is 341 g/mol. The number of benzene rings is 2. The van der Waals surface area contributed by atoms with Gasteiger partial charge in [-0.2, -0.15) is 13.2 Å². The van der Waals surface area contributed by atoms with Gasteiger partial charge in [0.2, 0.25) is 0 Å². The molecule has 1 aliphatic heterocycles. The molecule has 2 aromatic carbocycles. The zero-order valence-corrected chi connectivity index (χ0v) is 12.7. The van der Waals surface area contributed by atoms with Gasteiger partial charge in [0.15, 0.2) is 0 Å². The summed E-state index contributed by atoms with van der Waals surface area (Å²) in [6.07, 6.45) is -3.80. The van der Waals surface area contributed by atoms with Crippen molar-refractivity contribution >= 4 is 26.6 Å². The van der Waals surface area contributed by atoms with Gasteiger partial charge < -0.3 is 0 Å². The van der Waals surface area contributed by atoms with Gasteiger partial charge in [0, 0.05) is 22.7 Å². The van der Waals surface area contributed by atoms with E-state index in [0.29, 0.717) is 17.3 Å². The molecule has 122 valence electrons. The molecule has 1 N–H and O–H groups in total. The minimum absolute atomic E-state index is 0.128. The van der Waals surface area contributed by atoms with Crippen LogP contribution >= 0.6 is 0 Å². The molecule has 1 aliphatic rings. The molecule has 2 heterocycles. The van der Waals surface area contributed by atoms with Crippen LogP contribution in [0.2, 0.25) is 0 Å². The van der Waals surface area contributed by atoms with Crippen molar-refractivity contribution in [1.29, 1.82) is 0 Å². The molecule has 0 unspecified atom stereocenters. The zero-order chi connectivity index (χ0) is 17.1. The first kappa shape index (κ1) is 14.9. The van der Waals surface area contributed by atoms with E-state index in [4.69, 9.17) is 0 Å². The molecule has 0 saturated heterocycles. The van der Waals surface area contributed by atoms with Gasteiger partial charge in [0.05, 0.1) is 21.7 Å². The third-order valence-electron chi connectivity index (χ3n) is 3.88. The van der Waals surface area contributed by atoms with Crippen molar-refractivity contribution in [2.24, 2.45) is 0 Å². The first-order valence-corrected chi connectivity index (χ1v) is 8.38. The highest BCUT2D eigenvalue weighted by atomic mass is 32.2. The third-order valence-corrected chi connectivity index (χ3v) is 5.29. The quantitative estimate of drug-likeness (QED) is 0.666. The summed E-state index contributed by atoms with van der Waals surface area (Å²) in [5.41, 5.74) is 0.572. The monoisotopic (exact) mass is 350 g/mol. The maximum absolute atomic E-state index is 12.8. The number of sulfonamides is 1. The summed E-state index contributed by atoms with van der Waals surface area (Å²) in [6, 6.07) is 10.5. The van der Waals surface area contributed by atoms with Crippen LogP contribution in [0.25, 0.3) is 22.0 Å². The maximum atomic E-state index is 12.8. The van der Waals surface area contributed by atoms with Gasteiger partial charge in [-0.25, -0.2) is 8.42 Å². The number of hydrogen-bond acceptors (Lipinski definition) is 3. The highest BCUT2D eigenvalue weighted by molar-refractivity contribution is 7.93. The number of halogens is 3. The van der Waals surface area contributed by atoms with Crippen LogP contribution in [-0.2, 0) is 16.2 Å². The summed E-state index contributed by atoms with van der Waals surface area (Å²) in [5.74, 6) is 0. The SMILES string of the molecule is O=S1(=O)Nc2c(ccc3cc(C(F)(F)F)cnc23)-c2ccccc21. The average molecular weight is 350 g/mol. The fourth-order valence-corrected chi connectivity index (χ4v) is 4.11. The van der Waals surface area contributed by atoms with Gasteiger partial charge in [0.1, 0.15) is 0 Å². The van der Waals surface area contributed by atoms with Crippen LogP contribution in [0.1, 0.15) is 5.56 Å². The van der Waals surface area contributed by atoms with Crippen LogP contribution in [0.15, 0.2) is 53.6 Å². The van der Waals surface area contributed by atoms with Gasteiger partial charge in [-0.15, -0.1) is 0 Å². The molecule has 1 aromatic heterocycles. The predicted octanol–water partition coefficient (Wildman–Crippen LogP) is 4.03. The Morgan fingerprint density at radius 2 is 1.75 bits per heavy atom. The number of hydrogen-bond donors (Lipinski definition) is 1. The molecule has 8 heteroatoms. The number of rotatable bonds is 0. The highest BCUT2D eigenvalue weighted by Gasteiger charge is 2.32. The summed E-state index contributed by atoms with van der Waals surface area (Å²) < 4.78 is 65.7. The van der Waals surface area contributed by atoms with Crippen LogP contribution in [0.4, 0.5) is 18.9 Å². The number of aromatic nitrogens is 1. The van der Waals surface area contributed by atoms with Crippen molar-refractivity contribution in [1.82, 2.24) is 4.98 Å². The lowest BCUT2D eigenvalue weighted by molar-refractivity contribution is -0.137. The van der Waals surface area contributed by atoms with E-state index in [1.807, 2.05) is 0 Å². The number of nitrogens with one attached hydrogen (secondary N) is 1. The molecule has 0 bridgehead atoms. The van der Waals surface area contributed by atoms with Crippen LogP contribution in [0, 0.1) is 0 Å². The topological polar surface area (TPSA) is 59.1 Å². The van der Waals surface area contributed by atoms with Crippen LogP contribution in [-0.4, -0.2) is 13.4 Å². The standard InChI is InChI=1S/C16H9F3N2O2S/c17-16(18,19)10-7-9-5-6-12-11-3-1-2-4-13(11)24(22,23)21-15(12)14(9)20-8-10/h1-8,21H. The van der Waals surface area contributed by atoms with Crippen molar-refractivity contribution in [3.8, 4) is 11.1 Å². The fourth-order valence-electron chi connectivity index (χ4n) is 2.80. The number of nitrogens with zero attached hydrogens (tertiary/aromatic N) is 1. The van der Waals surface area contributed by atoms with Crippen molar-refractivity contribution in [2.45, 2.75) is 11.1 Å². The van der Waals surface area contributed by atoms with Gasteiger partial charge >= 0.3 is 6.18 Å². The van der Waals surface area contributed by atoms with E-state index in [1.165, 1.54) is 12.1 Å². The molecule has 0 atom stereocenters. The Bertz CT molecular complexity index is 1090. The summed E-state index contributed by atoms with van der Waals surface area (Å²) >= 11 is 0. The second-order valence-electron chi connectivity index (χ2n) is 5.38. The van der Waals surface area contributed by atoms with Crippen LogP contribution in [0.5, 0.6) is 0 Å². The lowest BCUT2D eigenvalue weighted by Crippen LogP contribution is -2.19. The molecule has 4 rings (SSSR count). The van der Waals surface area contributed by atoms with Crippen molar-refractivity contribution in [3.63, 3.8) is 0 Å². The van der Waals surface area contributed by atoms with E-state index in [0.717, 1.165) is 6.07 Å². The van der Waals surface area contributed by atoms with Crippen molar-refractivity contribution < 1.29 is 21.6 Å². The average Bonchev–Trinajstić information content (AvgIpc) is 2.53. The first-order chi connectivity index (χ1) is 11.3. The molecule has 0 saturated carbocycles. The van der Waals surface area contributed by atoms with Crippen molar-refractivity contribution in [3.05, 3.63) is 54.2 Å². The Balaban J connectivity index is 2.04. The molecule has 24 heavy (non-hydrogen) atoms. The van der Waals surface area contributed by atoms with Crippen LogP contribution < -0.4 is 4.72 Å². The number of pyridine rings is 1. The summed E-state index contributed by atoms with van der Waals surface area (Å²) in [6.45, 7) is 0. The molecule has 0 amide bonds. The maximum Gasteiger partial charge on any atom is 0.417 e. The zero-order valence-electron chi connectivity index (χ0n) is 11.9. The smallest absolute Gasteiger partial charge is 0.277 e.